The zero-order chi connectivity index (χ0) is 13.0. The van der Waals surface area contributed by atoms with E-state index in [-0.39, 0.29) is 0 Å². The van der Waals surface area contributed by atoms with Crippen LogP contribution in [0.4, 0.5) is 0 Å². The Balaban J connectivity index is 1.96. The molecule has 2 rings (SSSR count). The Hall–Kier alpha value is -1.37. The maximum atomic E-state index is 5.18. The highest BCUT2D eigenvalue weighted by molar-refractivity contribution is 7.98. The molecule has 98 valence electrons. The van der Waals surface area contributed by atoms with Crippen molar-refractivity contribution in [1.82, 2.24) is 24.9 Å². The highest BCUT2D eigenvalue weighted by Crippen LogP contribution is 2.22. The molecule has 0 saturated heterocycles. The van der Waals surface area contributed by atoms with Crippen LogP contribution < -0.4 is 0 Å². The van der Waals surface area contributed by atoms with Gasteiger partial charge in [-0.1, -0.05) is 23.8 Å². The van der Waals surface area contributed by atoms with Crippen LogP contribution in [-0.2, 0) is 12.2 Å². The molecule has 0 saturated carbocycles. The molecule has 0 N–H and O–H groups in total. The van der Waals surface area contributed by atoms with Gasteiger partial charge in [0.2, 0.25) is 5.89 Å². The third kappa shape index (κ3) is 3.10. The minimum absolute atomic E-state index is 0.348. The fourth-order valence-electron chi connectivity index (χ4n) is 1.49. The van der Waals surface area contributed by atoms with Crippen LogP contribution in [0.15, 0.2) is 16.0 Å². The van der Waals surface area contributed by atoms with Gasteiger partial charge in [0.15, 0.2) is 11.0 Å². The summed E-state index contributed by atoms with van der Waals surface area (Å²) in [6.07, 6.45) is 3.62. The quantitative estimate of drug-likeness (QED) is 0.749. The van der Waals surface area contributed by atoms with Gasteiger partial charge in [-0.3, -0.25) is 0 Å². The van der Waals surface area contributed by atoms with Gasteiger partial charge in [0.25, 0.3) is 0 Å². The maximum Gasteiger partial charge on any atom is 0.237 e. The van der Waals surface area contributed by atoms with E-state index in [1.165, 1.54) is 0 Å². The van der Waals surface area contributed by atoms with Crippen LogP contribution in [0.3, 0.4) is 0 Å². The summed E-state index contributed by atoms with van der Waals surface area (Å²) in [6.45, 7) is 6.29. The molecule has 0 amide bonds. The summed E-state index contributed by atoms with van der Waals surface area (Å²) in [4.78, 5) is 4.32. The van der Waals surface area contributed by atoms with Gasteiger partial charge < -0.3 is 9.09 Å². The van der Waals surface area contributed by atoms with Gasteiger partial charge in [0.05, 0.1) is 5.75 Å². The summed E-state index contributed by atoms with van der Waals surface area (Å²) in [7, 11) is 0. The molecule has 0 aliphatic heterocycles. The summed E-state index contributed by atoms with van der Waals surface area (Å²) in [5, 5.41) is 12.8. The van der Waals surface area contributed by atoms with E-state index in [2.05, 4.69) is 41.1 Å². The van der Waals surface area contributed by atoms with Crippen molar-refractivity contribution in [3.05, 3.63) is 18.0 Å². The Bertz CT molecular complexity index is 493. The van der Waals surface area contributed by atoms with Gasteiger partial charge in [0, 0.05) is 12.5 Å². The summed E-state index contributed by atoms with van der Waals surface area (Å²) < 4.78 is 7.20. The molecule has 2 heterocycles. The Kier molecular flexibility index (Phi) is 4.35. The normalized spacial score (nSPS) is 11.3. The molecule has 0 unspecified atom stereocenters. The Morgan fingerprint density at radius 3 is 3.00 bits per heavy atom. The van der Waals surface area contributed by atoms with E-state index in [4.69, 9.17) is 4.52 Å². The fourth-order valence-corrected chi connectivity index (χ4v) is 2.37. The van der Waals surface area contributed by atoms with Crippen molar-refractivity contribution in [3.8, 4) is 0 Å². The van der Waals surface area contributed by atoms with Gasteiger partial charge >= 0.3 is 0 Å². The SMILES string of the molecule is CCCc1noc(CSc2nncn2C(C)C)n1. The van der Waals surface area contributed by atoms with Gasteiger partial charge in [0.1, 0.15) is 6.33 Å². The van der Waals surface area contributed by atoms with Gasteiger partial charge in [-0.2, -0.15) is 4.98 Å². The Morgan fingerprint density at radius 1 is 1.44 bits per heavy atom. The van der Waals surface area contributed by atoms with Crippen molar-refractivity contribution in [1.29, 1.82) is 0 Å². The second-order valence-corrected chi connectivity index (χ2v) is 5.20. The molecule has 6 nitrogen and oxygen atoms in total. The molecule has 2 aromatic rings. The number of hydrogen-bond acceptors (Lipinski definition) is 6. The summed E-state index contributed by atoms with van der Waals surface area (Å²) in [6, 6.07) is 0.348. The van der Waals surface area contributed by atoms with Crippen LogP contribution in [0.2, 0.25) is 0 Å². The van der Waals surface area contributed by atoms with E-state index in [0.717, 1.165) is 23.8 Å². The van der Waals surface area contributed by atoms with Crippen LogP contribution in [0.1, 0.15) is 44.9 Å². The molecule has 18 heavy (non-hydrogen) atoms. The predicted octanol–water partition coefficient (Wildman–Crippen LogP) is 2.49. The van der Waals surface area contributed by atoms with Gasteiger partial charge in [-0.05, 0) is 20.3 Å². The van der Waals surface area contributed by atoms with E-state index in [9.17, 15) is 0 Å². The Labute approximate surface area is 110 Å². The van der Waals surface area contributed by atoms with Crippen molar-refractivity contribution >= 4 is 11.8 Å². The molecule has 0 radical (unpaired) electrons. The second kappa shape index (κ2) is 5.99. The molecule has 0 fully saturated rings. The molecular formula is C11H17N5OS. The topological polar surface area (TPSA) is 69.6 Å². The Morgan fingerprint density at radius 2 is 2.28 bits per heavy atom. The van der Waals surface area contributed by atoms with Crippen molar-refractivity contribution in [3.63, 3.8) is 0 Å². The molecule has 2 aromatic heterocycles. The van der Waals surface area contributed by atoms with Crippen molar-refractivity contribution < 1.29 is 4.52 Å². The largest absolute Gasteiger partial charge is 0.338 e. The highest BCUT2D eigenvalue weighted by Gasteiger charge is 2.11. The molecular weight excluding hydrogens is 250 g/mol. The third-order valence-electron chi connectivity index (χ3n) is 2.41. The average molecular weight is 267 g/mol. The zero-order valence-electron chi connectivity index (χ0n) is 10.8. The minimum atomic E-state index is 0.348. The van der Waals surface area contributed by atoms with Crippen LogP contribution in [0.25, 0.3) is 0 Å². The van der Waals surface area contributed by atoms with E-state index in [0.29, 0.717) is 17.7 Å². The first-order valence-electron chi connectivity index (χ1n) is 6.04. The van der Waals surface area contributed by atoms with E-state index in [1.54, 1.807) is 18.1 Å². The average Bonchev–Trinajstić information content (AvgIpc) is 2.95. The zero-order valence-corrected chi connectivity index (χ0v) is 11.6. The van der Waals surface area contributed by atoms with Crippen molar-refractivity contribution in [2.24, 2.45) is 0 Å². The molecule has 7 heteroatoms. The van der Waals surface area contributed by atoms with Crippen molar-refractivity contribution in [2.45, 2.75) is 50.6 Å². The lowest BCUT2D eigenvalue weighted by atomic mass is 10.3. The van der Waals surface area contributed by atoms with E-state index in [1.807, 2.05) is 4.57 Å². The lowest BCUT2D eigenvalue weighted by molar-refractivity contribution is 0.384. The molecule has 0 aliphatic carbocycles. The minimum Gasteiger partial charge on any atom is -0.338 e. The van der Waals surface area contributed by atoms with E-state index >= 15 is 0 Å². The summed E-state index contributed by atoms with van der Waals surface area (Å²) in [5.74, 6) is 2.04. The van der Waals surface area contributed by atoms with Crippen LogP contribution in [0.5, 0.6) is 0 Å². The molecule has 0 bridgehead atoms. The molecule has 0 spiro atoms. The van der Waals surface area contributed by atoms with Crippen LogP contribution in [-0.4, -0.2) is 24.9 Å². The third-order valence-corrected chi connectivity index (χ3v) is 3.35. The first-order chi connectivity index (χ1) is 8.70. The number of aromatic nitrogens is 5. The molecule has 0 aromatic carbocycles. The number of rotatable bonds is 6. The standard InChI is InChI=1S/C11H17N5OS/c1-4-5-9-13-10(17-15-9)6-18-11-14-12-7-16(11)8(2)3/h7-8H,4-6H2,1-3H3. The second-order valence-electron chi connectivity index (χ2n) is 4.26. The molecule has 0 aliphatic rings. The number of nitrogens with zero attached hydrogens (tertiary/aromatic N) is 5. The van der Waals surface area contributed by atoms with Gasteiger partial charge in [-0.15, -0.1) is 10.2 Å². The lowest BCUT2D eigenvalue weighted by Gasteiger charge is -2.07. The first-order valence-corrected chi connectivity index (χ1v) is 7.03. The number of aryl methyl sites for hydroxylation is 1. The maximum absolute atomic E-state index is 5.18. The summed E-state index contributed by atoms with van der Waals surface area (Å²) >= 11 is 1.56. The van der Waals surface area contributed by atoms with Crippen LogP contribution in [0, 0.1) is 0 Å². The fraction of sp³-hybridized carbons (Fsp3) is 0.636. The summed E-state index contributed by atoms with van der Waals surface area (Å²) in [5.41, 5.74) is 0. The van der Waals surface area contributed by atoms with E-state index < -0.39 is 0 Å². The highest BCUT2D eigenvalue weighted by atomic mass is 32.2. The van der Waals surface area contributed by atoms with Gasteiger partial charge in [-0.25, -0.2) is 0 Å². The molecule has 0 atom stereocenters. The number of hydrogen-bond donors (Lipinski definition) is 0. The smallest absolute Gasteiger partial charge is 0.237 e. The first kappa shape index (κ1) is 13.1. The predicted molar refractivity (Wildman–Crippen MR) is 68.3 cm³/mol. The van der Waals surface area contributed by atoms with Crippen molar-refractivity contribution in [2.75, 3.05) is 0 Å². The monoisotopic (exact) mass is 267 g/mol. The number of thioether (sulfide) groups is 1. The lowest BCUT2D eigenvalue weighted by Crippen LogP contribution is -2.01. The van der Waals surface area contributed by atoms with Crippen LogP contribution >= 0.6 is 11.8 Å².